The van der Waals surface area contributed by atoms with Gasteiger partial charge in [0.15, 0.2) is 17.5 Å². The average Bonchev–Trinajstić information content (AvgIpc) is 3.01. The van der Waals surface area contributed by atoms with Gasteiger partial charge in [-0.3, -0.25) is 0 Å². The number of benzene rings is 1. The SMILES string of the molecule is Cc1nc(N2CCCCC2)c2[nH]c(-c3ccc(F)c(F)c3)cc2n1.Cl.O. The van der Waals surface area contributed by atoms with E-state index in [0.29, 0.717) is 17.1 Å². The van der Waals surface area contributed by atoms with Crippen LogP contribution >= 0.6 is 12.4 Å². The van der Waals surface area contributed by atoms with Crippen molar-refractivity contribution in [3.8, 4) is 11.3 Å². The summed E-state index contributed by atoms with van der Waals surface area (Å²) in [6.07, 6.45) is 3.55. The van der Waals surface area contributed by atoms with Gasteiger partial charge < -0.3 is 15.4 Å². The second-order valence-corrected chi connectivity index (χ2v) is 6.21. The maximum Gasteiger partial charge on any atom is 0.159 e. The van der Waals surface area contributed by atoms with Gasteiger partial charge in [0.25, 0.3) is 0 Å². The third-order valence-corrected chi connectivity index (χ3v) is 4.46. The molecule has 1 aromatic carbocycles. The van der Waals surface area contributed by atoms with Crippen LogP contribution in [-0.4, -0.2) is 33.5 Å². The highest BCUT2D eigenvalue weighted by atomic mass is 35.5. The average molecular weight is 383 g/mol. The predicted octanol–water partition coefficient (Wildman–Crippen LogP) is 3.80. The molecule has 8 heteroatoms. The van der Waals surface area contributed by atoms with E-state index in [1.807, 2.05) is 13.0 Å². The van der Waals surface area contributed by atoms with Crippen LogP contribution in [0.4, 0.5) is 14.6 Å². The van der Waals surface area contributed by atoms with Crippen molar-refractivity contribution in [1.82, 2.24) is 15.0 Å². The lowest BCUT2D eigenvalue weighted by molar-refractivity contribution is 0.509. The summed E-state index contributed by atoms with van der Waals surface area (Å²) in [6.45, 7) is 3.83. The van der Waals surface area contributed by atoms with Gasteiger partial charge in [0.1, 0.15) is 11.3 Å². The lowest BCUT2D eigenvalue weighted by Crippen LogP contribution is -2.30. The molecule has 1 fully saturated rings. The number of aryl methyl sites for hydroxylation is 1. The molecule has 0 atom stereocenters. The van der Waals surface area contributed by atoms with Crippen LogP contribution in [0.15, 0.2) is 24.3 Å². The summed E-state index contributed by atoms with van der Waals surface area (Å²) in [5.74, 6) is -0.103. The van der Waals surface area contributed by atoms with E-state index in [1.54, 1.807) is 6.07 Å². The van der Waals surface area contributed by atoms with Crippen molar-refractivity contribution in [3.63, 3.8) is 0 Å². The molecule has 1 saturated heterocycles. The highest BCUT2D eigenvalue weighted by molar-refractivity contribution is 5.90. The van der Waals surface area contributed by atoms with Crippen LogP contribution in [0.1, 0.15) is 25.1 Å². The first-order valence-electron chi connectivity index (χ1n) is 8.19. The number of aromatic amines is 1. The first-order chi connectivity index (χ1) is 11.6. The Balaban J connectivity index is 0.00000121. The molecule has 0 bridgehead atoms. The second-order valence-electron chi connectivity index (χ2n) is 6.21. The summed E-state index contributed by atoms with van der Waals surface area (Å²) in [6, 6.07) is 5.76. The maximum absolute atomic E-state index is 13.5. The predicted molar refractivity (Wildman–Crippen MR) is 101 cm³/mol. The number of hydrogen-bond donors (Lipinski definition) is 1. The topological polar surface area (TPSA) is 76.3 Å². The highest BCUT2D eigenvalue weighted by Gasteiger charge is 2.18. The zero-order valence-electron chi connectivity index (χ0n) is 14.4. The number of H-pyrrole nitrogens is 1. The Kier molecular flexibility index (Phi) is 6.15. The number of halogens is 3. The largest absolute Gasteiger partial charge is 0.412 e. The molecular formula is C18H21ClF2N4O. The summed E-state index contributed by atoms with van der Waals surface area (Å²) >= 11 is 0. The van der Waals surface area contributed by atoms with Gasteiger partial charge in [0.05, 0.1) is 5.52 Å². The summed E-state index contributed by atoms with van der Waals surface area (Å²) in [5, 5.41) is 0. The number of fused-ring (bicyclic) bond motifs is 1. The van der Waals surface area contributed by atoms with E-state index >= 15 is 0 Å². The zero-order valence-corrected chi connectivity index (χ0v) is 15.2. The Morgan fingerprint density at radius 1 is 1.00 bits per heavy atom. The number of nitrogens with zero attached hydrogens (tertiary/aromatic N) is 3. The van der Waals surface area contributed by atoms with E-state index in [-0.39, 0.29) is 17.9 Å². The first kappa shape index (κ1) is 20.1. The van der Waals surface area contributed by atoms with Crippen molar-refractivity contribution in [2.75, 3.05) is 18.0 Å². The van der Waals surface area contributed by atoms with E-state index in [1.165, 1.54) is 12.5 Å². The van der Waals surface area contributed by atoms with Gasteiger partial charge in [-0.05, 0) is 50.5 Å². The van der Waals surface area contributed by atoms with Crippen LogP contribution in [0.5, 0.6) is 0 Å². The molecule has 0 aliphatic carbocycles. The minimum absolute atomic E-state index is 0. The fourth-order valence-electron chi connectivity index (χ4n) is 3.26. The van der Waals surface area contributed by atoms with Gasteiger partial charge in [0.2, 0.25) is 0 Å². The van der Waals surface area contributed by atoms with Crippen LogP contribution < -0.4 is 4.90 Å². The van der Waals surface area contributed by atoms with E-state index in [0.717, 1.165) is 48.8 Å². The van der Waals surface area contributed by atoms with Gasteiger partial charge in [-0.25, -0.2) is 18.7 Å². The number of aromatic nitrogens is 3. The van der Waals surface area contributed by atoms with E-state index < -0.39 is 11.6 Å². The molecule has 4 rings (SSSR count). The van der Waals surface area contributed by atoms with Crippen molar-refractivity contribution in [3.05, 3.63) is 41.7 Å². The molecule has 1 aliphatic heterocycles. The molecule has 3 heterocycles. The van der Waals surface area contributed by atoms with Crippen LogP contribution in [-0.2, 0) is 0 Å². The number of piperidine rings is 1. The van der Waals surface area contributed by atoms with Crippen LogP contribution in [0.2, 0.25) is 0 Å². The van der Waals surface area contributed by atoms with Gasteiger partial charge >= 0.3 is 0 Å². The van der Waals surface area contributed by atoms with Crippen LogP contribution in [0.3, 0.4) is 0 Å². The van der Waals surface area contributed by atoms with E-state index in [4.69, 9.17) is 0 Å². The Morgan fingerprint density at radius 2 is 1.73 bits per heavy atom. The smallest absolute Gasteiger partial charge is 0.159 e. The van der Waals surface area contributed by atoms with E-state index in [2.05, 4.69) is 19.9 Å². The van der Waals surface area contributed by atoms with Crippen molar-refractivity contribution >= 4 is 29.3 Å². The molecule has 5 nitrogen and oxygen atoms in total. The zero-order chi connectivity index (χ0) is 16.7. The Hall–Kier alpha value is -2.25. The molecule has 0 amide bonds. The lowest BCUT2D eigenvalue weighted by atomic mass is 10.1. The molecule has 0 spiro atoms. The lowest BCUT2D eigenvalue weighted by Gasteiger charge is -2.28. The third-order valence-electron chi connectivity index (χ3n) is 4.46. The molecule has 0 saturated carbocycles. The Bertz CT molecular complexity index is 910. The second kappa shape index (κ2) is 7.97. The van der Waals surface area contributed by atoms with Gasteiger partial charge in [-0.1, -0.05) is 0 Å². The van der Waals surface area contributed by atoms with Gasteiger partial charge in [0, 0.05) is 24.3 Å². The molecular weight excluding hydrogens is 362 g/mol. The summed E-state index contributed by atoms with van der Waals surface area (Å²) < 4.78 is 26.7. The molecule has 3 N–H and O–H groups in total. The number of anilines is 1. The van der Waals surface area contributed by atoms with Crippen molar-refractivity contribution < 1.29 is 14.3 Å². The minimum atomic E-state index is -0.857. The highest BCUT2D eigenvalue weighted by Crippen LogP contribution is 2.30. The molecule has 0 radical (unpaired) electrons. The maximum atomic E-state index is 13.5. The Labute approximate surface area is 156 Å². The standard InChI is InChI=1S/C18H18F2N4.ClH.H2O/c1-11-21-16-10-15(12-5-6-13(19)14(20)9-12)23-17(16)18(22-11)24-7-3-2-4-8-24;;/h5-6,9-10,23H,2-4,7-8H2,1H3;1H;1H2. The normalized spacial score (nSPS) is 14.0. The first-order valence-corrected chi connectivity index (χ1v) is 8.19. The minimum Gasteiger partial charge on any atom is -0.412 e. The molecule has 1 aliphatic rings. The fourth-order valence-corrected chi connectivity index (χ4v) is 3.26. The summed E-state index contributed by atoms with van der Waals surface area (Å²) in [5.41, 5.74) is 2.95. The van der Waals surface area contributed by atoms with E-state index in [9.17, 15) is 8.78 Å². The quantitative estimate of drug-likeness (QED) is 0.732. The monoisotopic (exact) mass is 382 g/mol. The Morgan fingerprint density at radius 3 is 2.42 bits per heavy atom. The number of nitrogens with one attached hydrogen (secondary N) is 1. The van der Waals surface area contributed by atoms with Crippen molar-refractivity contribution in [2.24, 2.45) is 0 Å². The van der Waals surface area contributed by atoms with Gasteiger partial charge in [-0.2, -0.15) is 0 Å². The van der Waals surface area contributed by atoms with Crippen LogP contribution in [0.25, 0.3) is 22.3 Å². The number of rotatable bonds is 2. The molecule has 140 valence electrons. The molecule has 3 aromatic rings. The van der Waals surface area contributed by atoms with Crippen molar-refractivity contribution in [2.45, 2.75) is 26.2 Å². The fraction of sp³-hybridized carbons (Fsp3) is 0.333. The van der Waals surface area contributed by atoms with Crippen molar-refractivity contribution in [1.29, 1.82) is 0 Å². The molecule has 26 heavy (non-hydrogen) atoms. The van der Waals surface area contributed by atoms with Crippen LogP contribution in [0, 0.1) is 18.6 Å². The summed E-state index contributed by atoms with van der Waals surface area (Å²) in [7, 11) is 0. The number of hydrogen-bond acceptors (Lipinski definition) is 3. The summed E-state index contributed by atoms with van der Waals surface area (Å²) in [4.78, 5) is 14.7. The van der Waals surface area contributed by atoms with Gasteiger partial charge in [-0.15, -0.1) is 12.4 Å². The third kappa shape index (κ3) is 3.64. The molecule has 2 aromatic heterocycles. The molecule has 0 unspecified atom stereocenters.